The number of aliphatic hydroxyl groups is 2. The van der Waals surface area contributed by atoms with Gasteiger partial charge in [-0.2, -0.15) is 0 Å². The second-order valence-corrected chi connectivity index (χ2v) is 9.79. The molecule has 1 spiro atoms. The minimum atomic E-state index is -1.61. The summed E-state index contributed by atoms with van der Waals surface area (Å²) >= 11 is 0. The fraction of sp³-hybridized carbons (Fsp3) is 0.667. The second kappa shape index (κ2) is 9.47. The maximum atomic E-state index is 13.6. The van der Waals surface area contributed by atoms with Crippen molar-refractivity contribution >= 4 is 11.9 Å². The summed E-state index contributed by atoms with van der Waals surface area (Å²) in [7, 11) is 0. The van der Waals surface area contributed by atoms with Crippen LogP contribution in [0.2, 0.25) is 0 Å². The van der Waals surface area contributed by atoms with E-state index in [4.69, 9.17) is 9.62 Å². The highest BCUT2D eigenvalue weighted by atomic mass is 17.1. The van der Waals surface area contributed by atoms with Crippen LogP contribution in [0.1, 0.15) is 53.9 Å². The smallest absolute Gasteiger partial charge is 0.331 e. The largest absolute Gasteiger partial charge is 0.444 e. The van der Waals surface area contributed by atoms with Crippen LogP contribution < -0.4 is 5.32 Å². The molecule has 8 heteroatoms. The van der Waals surface area contributed by atoms with Crippen molar-refractivity contribution in [3.05, 3.63) is 34.9 Å². The van der Waals surface area contributed by atoms with E-state index in [-0.39, 0.29) is 12.5 Å². The summed E-state index contributed by atoms with van der Waals surface area (Å²) in [5, 5.41) is 33.2. The lowest BCUT2D eigenvalue weighted by Gasteiger charge is -2.46. The Balaban J connectivity index is 2.22. The molecular formula is C24H35NO7. The molecule has 2 aliphatic heterocycles. The number of carbonyl (C=O) groups is 2. The lowest BCUT2D eigenvalue weighted by Crippen LogP contribution is -2.59. The van der Waals surface area contributed by atoms with Crippen LogP contribution in [0.25, 0.3) is 0 Å². The van der Waals surface area contributed by atoms with Crippen LogP contribution in [-0.2, 0) is 19.2 Å². The maximum Gasteiger partial charge on any atom is 0.331 e. The summed E-state index contributed by atoms with van der Waals surface area (Å²) in [5.41, 5.74) is 0.855. The third-order valence-corrected chi connectivity index (χ3v) is 7.10. The number of allylic oxidation sites excluding steroid dienone is 1. The van der Waals surface area contributed by atoms with E-state index in [0.29, 0.717) is 18.8 Å². The molecule has 0 aromatic carbocycles. The fourth-order valence-corrected chi connectivity index (χ4v) is 5.43. The number of hydrogen-bond acceptors (Lipinski definition) is 7. The third kappa shape index (κ3) is 4.29. The van der Waals surface area contributed by atoms with Crippen molar-refractivity contribution in [1.82, 2.24) is 5.32 Å². The van der Waals surface area contributed by atoms with E-state index in [1.54, 1.807) is 6.08 Å². The van der Waals surface area contributed by atoms with Gasteiger partial charge in [0, 0.05) is 12.1 Å². The molecule has 4 N–H and O–H groups in total. The number of ether oxygens (including phenoxy) is 1. The predicted molar refractivity (Wildman–Crippen MR) is 117 cm³/mol. The molecule has 1 saturated heterocycles. The molecule has 1 aliphatic carbocycles. The summed E-state index contributed by atoms with van der Waals surface area (Å²) < 4.78 is 5.95. The summed E-state index contributed by atoms with van der Waals surface area (Å²) in [5.74, 6) is -2.13. The van der Waals surface area contributed by atoms with Crippen LogP contribution in [0.3, 0.4) is 0 Å². The Morgan fingerprint density at radius 1 is 1.22 bits per heavy atom. The zero-order chi connectivity index (χ0) is 23.8. The van der Waals surface area contributed by atoms with Crippen molar-refractivity contribution in [1.29, 1.82) is 0 Å². The van der Waals surface area contributed by atoms with Gasteiger partial charge in [0.25, 0.3) is 5.91 Å². The molecule has 1 fully saturated rings. The van der Waals surface area contributed by atoms with Gasteiger partial charge < -0.3 is 20.3 Å². The molecule has 0 radical (unpaired) electrons. The predicted octanol–water partition coefficient (Wildman–Crippen LogP) is 2.27. The summed E-state index contributed by atoms with van der Waals surface area (Å²) in [4.78, 5) is 31.3. The zero-order valence-electron chi connectivity index (χ0n) is 19.4. The normalized spacial score (nSPS) is 38.3. The highest BCUT2D eigenvalue weighted by Gasteiger charge is 2.66. The quantitative estimate of drug-likeness (QED) is 0.225. The molecule has 0 bridgehead atoms. The average molecular weight is 450 g/mol. The number of rotatable bonds is 3. The number of aliphatic hydroxyl groups excluding tert-OH is 2. The van der Waals surface area contributed by atoms with Crippen molar-refractivity contribution in [2.45, 2.75) is 83.8 Å². The standard InChI is InChI=1S/C24H35NO7/c1-12(2)10-17-21-14(4)15(5)22(32-30)16-11-13(3)6-7-18(26)19(27)8-9-20(28)31-24(16,21)23(29)25-17/h8-9,11-12,16-19,21-22,26-27,30H,6-7,10H2,1-5H3,(H,25,29). The van der Waals surface area contributed by atoms with Gasteiger partial charge in [0.15, 0.2) is 0 Å². The van der Waals surface area contributed by atoms with E-state index in [0.717, 1.165) is 22.8 Å². The Morgan fingerprint density at radius 3 is 2.53 bits per heavy atom. The van der Waals surface area contributed by atoms with E-state index in [2.05, 4.69) is 19.2 Å². The topological polar surface area (TPSA) is 125 Å². The van der Waals surface area contributed by atoms with Crippen molar-refractivity contribution in [3.8, 4) is 0 Å². The number of amides is 1. The SMILES string of the molecule is CC1=CC2C(OO)C(C)=C(C)C3C(CC(C)C)NC(=O)C23OC(=O)C=CC(O)C(O)CC1. The number of carbonyl (C=O) groups excluding carboxylic acids is 2. The summed E-state index contributed by atoms with van der Waals surface area (Å²) in [6.45, 7) is 9.72. The van der Waals surface area contributed by atoms with Gasteiger partial charge in [0.2, 0.25) is 5.60 Å². The maximum absolute atomic E-state index is 13.6. The molecule has 2 heterocycles. The molecule has 178 valence electrons. The first-order valence-electron chi connectivity index (χ1n) is 11.3. The molecule has 8 nitrogen and oxygen atoms in total. The van der Waals surface area contributed by atoms with Crippen LogP contribution in [0.5, 0.6) is 0 Å². The first-order chi connectivity index (χ1) is 15.0. The minimum Gasteiger partial charge on any atom is -0.444 e. The molecule has 3 aliphatic rings. The Labute approximate surface area is 188 Å². The second-order valence-electron chi connectivity index (χ2n) is 9.79. The van der Waals surface area contributed by atoms with Gasteiger partial charge >= 0.3 is 5.97 Å². The van der Waals surface area contributed by atoms with E-state index < -0.39 is 47.6 Å². The molecule has 7 atom stereocenters. The van der Waals surface area contributed by atoms with Gasteiger partial charge in [-0.1, -0.05) is 31.1 Å². The zero-order valence-corrected chi connectivity index (χ0v) is 19.4. The van der Waals surface area contributed by atoms with Gasteiger partial charge in [0.1, 0.15) is 6.10 Å². The third-order valence-electron chi connectivity index (χ3n) is 7.10. The molecule has 3 rings (SSSR count). The minimum absolute atomic E-state index is 0.245. The summed E-state index contributed by atoms with van der Waals surface area (Å²) in [6, 6.07) is -0.245. The highest BCUT2D eigenvalue weighted by molar-refractivity contribution is 5.94. The molecule has 0 saturated carbocycles. The number of hydrogen-bond donors (Lipinski definition) is 4. The number of nitrogens with one attached hydrogen (secondary N) is 1. The van der Waals surface area contributed by atoms with Gasteiger partial charge in [-0.25, -0.2) is 9.68 Å². The molecule has 7 unspecified atom stereocenters. The lowest BCUT2D eigenvalue weighted by molar-refractivity contribution is -0.290. The lowest BCUT2D eigenvalue weighted by atomic mass is 9.63. The molecule has 1 amide bonds. The van der Waals surface area contributed by atoms with Gasteiger partial charge in [-0.05, 0) is 57.6 Å². The Kier molecular flexibility index (Phi) is 7.29. The van der Waals surface area contributed by atoms with Crippen LogP contribution in [0.4, 0.5) is 0 Å². The van der Waals surface area contributed by atoms with Crippen LogP contribution in [-0.4, -0.2) is 57.3 Å². The average Bonchev–Trinajstić information content (AvgIpc) is 2.99. The van der Waals surface area contributed by atoms with Gasteiger partial charge in [0.05, 0.1) is 24.0 Å². The van der Waals surface area contributed by atoms with Crippen molar-refractivity contribution in [2.24, 2.45) is 17.8 Å². The van der Waals surface area contributed by atoms with Crippen molar-refractivity contribution in [2.75, 3.05) is 0 Å². The first kappa shape index (κ1) is 24.6. The van der Waals surface area contributed by atoms with E-state index in [9.17, 15) is 25.1 Å². The van der Waals surface area contributed by atoms with Crippen LogP contribution in [0.15, 0.2) is 34.9 Å². The Morgan fingerprint density at radius 2 is 1.91 bits per heavy atom. The summed E-state index contributed by atoms with van der Waals surface area (Å²) in [6.07, 6.45) is 2.31. The van der Waals surface area contributed by atoms with Crippen molar-refractivity contribution in [3.63, 3.8) is 0 Å². The van der Waals surface area contributed by atoms with Gasteiger partial charge in [-0.3, -0.25) is 10.1 Å². The number of esters is 1. The van der Waals surface area contributed by atoms with E-state index in [1.165, 1.54) is 6.08 Å². The highest BCUT2D eigenvalue weighted by Crippen LogP contribution is 2.52. The Hall–Kier alpha value is -2.00. The Bertz CT molecular complexity index is 845. The first-order valence-corrected chi connectivity index (χ1v) is 11.3. The van der Waals surface area contributed by atoms with E-state index >= 15 is 0 Å². The van der Waals surface area contributed by atoms with Crippen LogP contribution in [0, 0.1) is 17.8 Å². The van der Waals surface area contributed by atoms with E-state index in [1.807, 2.05) is 20.8 Å². The molecule has 0 aromatic heterocycles. The molecule has 32 heavy (non-hydrogen) atoms. The molecular weight excluding hydrogens is 414 g/mol. The molecule has 0 aromatic rings. The fourth-order valence-electron chi connectivity index (χ4n) is 5.43. The van der Waals surface area contributed by atoms with Crippen molar-refractivity contribution < 1.29 is 34.7 Å². The van der Waals surface area contributed by atoms with Crippen LogP contribution >= 0.6 is 0 Å². The monoisotopic (exact) mass is 449 g/mol. The van der Waals surface area contributed by atoms with Gasteiger partial charge in [-0.15, -0.1) is 0 Å².